The van der Waals surface area contributed by atoms with Crippen molar-refractivity contribution in [3.05, 3.63) is 28.8 Å². The molecule has 0 saturated carbocycles. The molecule has 0 spiro atoms. The van der Waals surface area contributed by atoms with Crippen molar-refractivity contribution in [3.8, 4) is 0 Å². The largest absolute Gasteiger partial charge is 0.224 e. The summed E-state index contributed by atoms with van der Waals surface area (Å²) in [5.74, 6) is 0.280. The maximum atomic E-state index is 11.8. The minimum absolute atomic E-state index is 0.120. The second-order valence-corrected chi connectivity index (χ2v) is 6.53. The van der Waals surface area contributed by atoms with E-state index in [9.17, 15) is 8.42 Å². The van der Waals surface area contributed by atoms with Gasteiger partial charge in [0.05, 0.1) is 10.6 Å². The van der Waals surface area contributed by atoms with E-state index in [0.29, 0.717) is 9.92 Å². The first-order valence-electron chi connectivity index (χ1n) is 4.82. The molecule has 0 unspecified atom stereocenters. The molecule has 1 rings (SSSR count). The first-order valence-corrected chi connectivity index (χ1v) is 6.85. The highest BCUT2D eigenvalue weighted by atomic mass is 35.5. The molecule has 0 aliphatic rings. The van der Waals surface area contributed by atoms with E-state index in [4.69, 9.17) is 11.6 Å². The van der Waals surface area contributed by atoms with Crippen LogP contribution in [0.5, 0.6) is 0 Å². The zero-order valence-corrected chi connectivity index (χ0v) is 10.7. The van der Waals surface area contributed by atoms with Gasteiger partial charge in [-0.15, -0.1) is 0 Å². The van der Waals surface area contributed by atoms with Gasteiger partial charge in [-0.05, 0) is 30.5 Å². The summed E-state index contributed by atoms with van der Waals surface area (Å²) >= 11 is 5.89. The zero-order chi connectivity index (χ0) is 11.6. The fourth-order valence-electron chi connectivity index (χ4n) is 1.30. The number of rotatable bonds is 3. The van der Waals surface area contributed by atoms with Crippen LogP contribution in [-0.4, -0.2) is 14.2 Å². The molecule has 2 nitrogen and oxygen atoms in total. The molecule has 0 saturated heterocycles. The molecule has 0 N–H and O–H groups in total. The van der Waals surface area contributed by atoms with Gasteiger partial charge in [0.2, 0.25) is 0 Å². The smallest absolute Gasteiger partial charge is 0.178 e. The summed E-state index contributed by atoms with van der Waals surface area (Å²) in [5, 5.41) is 0.500. The van der Waals surface area contributed by atoms with Crippen LogP contribution in [0.25, 0.3) is 0 Å². The number of hydrogen-bond donors (Lipinski definition) is 0. The van der Waals surface area contributed by atoms with Gasteiger partial charge in [-0.2, -0.15) is 0 Å². The van der Waals surface area contributed by atoms with Crippen molar-refractivity contribution in [1.29, 1.82) is 0 Å². The molecule has 0 fully saturated rings. The monoisotopic (exact) mass is 246 g/mol. The van der Waals surface area contributed by atoms with E-state index < -0.39 is 9.84 Å². The van der Waals surface area contributed by atoms with Gasteiger partial charge in [0.15, 0.2) is 9.84 Å². The van der Waals surface area contributed by atoms with Gasteiger partial charge in [0.1, 0.15) is 0 Å². The van der Waals surface area contributed by atoms with Crippen molar-refractivity contribution in [2.75, 3.05) is 5.75 Å². The quantitative estimate of drug-likeness (QED) is 0.822. The van der Waals surface area contributed by atoms with E-state index in [-0.39, 0.29) is 11.7 Å². The number of sulfone groups is 1. The topological polar surface area (TPSA) is 34.1 Å². The fourth-order valence-corrected chi connectivity index (χ4v) is 3.19. The molecule has 0 radical (unpaired) electrons. The standard InChI is InChI=1S/C11H15ClO2S/c1-8(2)7-15(13,14)10-5-4-9(3)11(12)6-10/h4-6,8H,7H2,1-3H3. The van der Waals surface area contributed by atoms with E-state index in [1.165, 1.54) is 6.07 Å². The van der Waals surface area contributed by atoms with Crippen molar-refractivity contribution in [3.63, 3.8) is 0 Å². The lowest BCUT2D eigenvalue weighted by Crippen LogP contribution is -2.11. The summed E-state index contributed by atoms with van der Waals surface area (Å²) in [7, 11) is -3.18. The first kappa shape index (κ1) is 12.5. The summed E-state index contributed by atoms with van der Waals surface area (Å²) in [5.41, 5.74) is 0.889. The molecule has 1 aromatic carbocycles. The molecule has 0 aromatic heterocycles. The van der Waals surface area contributed by atoms with Gasteiger partial charge in [0.25, 0.3) is 0 Å². The predicted octanol–water partition coefficient (Wildman–Crippen LogP) is 3.08. The Hall–Kier alpha value is -0.540. The van der Waals surface area contributed by atoms with Gasteiger partial charge >= 0.3 is 0 Å². The number of halogens is 1. The molecule has 4 heteroatoms. The van der Waals surface area contributed by atoms with Crippen LogP contribution in [0.1, 0.15) is 19.4 Å². The van der Waals surface area contributed by atoms with Crippen LogP contribution in [0.15, 0.2) is 23.1 Å². The summed E-state index contributed by atoms with van der Waals surface area (Å²) in [6.07, 6.45) is 0. The minimum atomic E-state index is -3.18. The fraction of sp³-hybridized carbons (Fsp3) is 0.455. The molecule has 0 bridgehead atoms. The molecule has 1 aromatic rings. The second-order valence-electron chi connectivity index (χ2n) is 4.09. The Balaban J connectivity index is 3.11. The lowest BCUT2D eigenvalue weighted by Gasteiger charge is -2.08. The van der Waals surface area contributed by atoms with Crippen molar-refractivity contribution in [2.24, 2.45) is 5.92 Å². The Morgan fingerprint density at radius 2 is 1.93 bits per heavy atom. The lowest BCUT2D eigenvalue weighted by atomic mass is 10.2. The van der Waals surface area contributed by atoms with Crippen LogP contribution in [0.2, 0.25) is 5.02 Å². The molecule has 0 aliphatic carbocycles. The maximum absolute atomic E-state index is 11.8. The Morgan fingerprint density at radius 3 is 2.40 bits per heavy atom. The van der Waals surface area contributed by atoms with Gasteiger partial charge in [0, 0.05) is 5.02 Å². The molecular formula is C11H15ClO2S. The third-order valence-corrected chi connectivity index (χ3v) is 4.54. The molecule has 15 heavy (non-hydrogen) atoms. The van der Waals surface area contributed by atoms with Gasteiger partial charge in [-0.25, -0.2) is 8.42 Å². The average molecular weight is 247 g/mol. The van der Waals surface area contributed by atoms with Crippen molar-refractivity contribution in [1.82, 2.24) is 0 Å². The first-order chi connectivity index (χ1) is 6.83. The summed E-state index contributed by atoms with van der Waals surface area (Å²) < 4.78 is 23.7. The average Bonchev–Trinajstić information content (AvgIpc) is 2.07. The van der Waals surface area contributed by atoms with Crippen molar-refractivity contribution < 1.29 is 8.42 Å². The Morgan fingerprint density at radius 1 is 1.33 bits per heavy atom. The Bertz CT molecular complexity index is 450. The van der Waals surface area contributed by atoms with Crippen LogP contribution in [0.3, 0.4) is 0 Å². The third-order valence-electron chi connectivity index (χ3n) is 2.06. The van der Waals surface area contributed by atoms with Crippen LogP contribution >= 0.6 is 11.6 Å². The van der Waals surface area contributed by atoms with Gasteiger partial charge in [-0.3, -0.25) is 0 Å². The van der Waals surface area contributed by atoms with E-state index in [1.54, 1.807) is 12.1 Å². The van der Waals surface area contributed by atoms with E-state index in [1.807, 2.05) is 20.8 Å². The zero-order valence-electron chi connectivity index (χ0n) is 9.12. The predicted molar refractivity (Wildman–Crippen MR) is 63.1 cm³/mol. The maximum Gasteiger partial charge on any atom is 0.178 e. The molecule has 0 amide bonds. The van der Waals surface area contributed by atoms with E-state index in [2.05, 4.69) is 0 Å². The molecule has 0 heterocycles. The highest BCUT2D eigenvalue weighted by Crippen LogP contribution is 2.21. The number of benzene rings is 1. The summed E-state index contributed by atoms with van der Waals surface area (Å²) in [6, 6.07) is 4.86. The number of aryl methyl sites for hydroxylation is 1. The van der Waals surface area contributed by atoms with Gasteiger partial charge in [-0.1, -0.05) is 31.5 Å². The van der Waals surface area contributed by atoms with Crippen LogP contribution in [0, 0.1) is 12.8 Å². The molecular weight excluding hydrogens is 232 g/mol. The van der Waals surface area contributed by atoms with Crippen LogP contribution < -0.4 is 0 Å². The normalized spacial score (nSPS) is 12.1. The van der Waals surface area contributed by atoms with Crippen molar-refractivity contribution >= 4 is 21.4 Å². The minimum Gasteiger partial charge on any atom is -0.224 e. The van der Waals surface area contributed by atoms with E-state index >= 15 is 0 Å². The van der Waals surface area contributed by atoms with Gasteiger partial charge < -0.3 is 0 Å². The highest BCUT2D eigenvalue weighted by molar-refractivity contribution is 7.91. The summed E-state index contributed by atoms with van der Waals surface area (Å²) in [6.45, 7) is 5.61. The van der Waals surface area contributed by atoms with Crippen LogP contribution in [0.4, 0.5) is 0 Å². The lowest BCUT2D eigenvalue weighted by molar-refractivity contribution is 0.582. The van der Waals surface area contributed by atoms with Crippen LogP contribution in [-0.2, 0) is 9.84 Å². The third kappa shape index (κ3) is 3.21. The van der Waals surface area contributed by atoms with E-state index in [0.717, 1.165) is 5.56 Å². The van der Waals surface area contributed by atoms with Crippen molar-refractivity contribution in [2.45, 2.75) is 25.7 Å². The SMILES string of the molecule is Cc1ccc(S(=O)(=O)CC(C)C)cc1Cl. The molecule has 0 atom stereocenters. The summed E-state index contributed by atoms with van der Waals surface area (Å²) in [4.78, 5) is 0.312. The molecule has 84 valence electrons. The Kier molecular flexibility index (Phi) is 3.79. The molecule has 0 aliphatic heterocycles. The number of hydrogen-bond acceptors (Lipinski definition) is 2. The Labute approximate surface area is 96.2 Å². The second kappa shape index (κ2) is 4.54. The highest BCUT2D eigenvalue weighted by Gasteiger charge is 2.16.